The fourth-order valence-corrected chi connectivity index (χ4v) is 3.63. The molecule has 0 aliphatic rings. The van der Waals surface area contributed by atoms with Crippen LogP contribution in [-0.4, -0.2) is 23.7 Å². The summed E-state index contributed by atoms with van der Waals surface area (Å²) in [7, 11) is 0. The van der Waals surface area contributed by atoms with Gasteiger partial charge < -0.3 is 14.2 Å². The molecule has 0 radical (unpaired) electrons. The number of hydrogen-bond acceptors (Lipinski definition) is 7. The third kappa shape index (κ3) is 11.9. The number of benzene rings is 3. The monoisotopic (exact) mass is 610 g/mol. The van der Waals surface area contributed by atoms with Gasteiger partial charge in [-0.2, -0.15) is 0 Å². The maximum atomic E-state index is 11.9. The van der Waals surface area contributed by atoms with Crippen molar-refractivity contribution in [1.82, 2.24) is 0 Å². The zero-order valence-corrected chi connectivity index (χ0v) is 27.0. The van der Waals surface area contributed by atoms with Crippen LogP contribution >= 0.6 is 0 Å². The Morgan fingerprint density at radius 1 is 0.667 bits per heavy atom. The first kappa shape index (κ1) is 36.2. The van der Waals surface area contributed by atoms with Crippen molar-refractivity contribution in [2.45, 2.75) is 60.8 Å². The maximum Gasteiger partial charge on any atom is 0.338 e. The first-order valence-corrected chi connectivity index (χ1v) is 14.7. The lowest BCUT2D eigenvalue weighted by molar-refractivity contribution is -0.132. The first-order chi connectivity index (χ1) is 21.2. The molecule has 0 aromatic heterocycles. The second-order valence-electron chi connectivity index (χ2n) is 11.0. The molecule has 0 fully saturated rings. The first-order valence-electron chi connectivity index (χ1n) is 14.7. The third-order valence-corrected chi connectivity index (χ3v) is 6.74. The van der Waals surface area contributed by atoms with Gasteiger partial charge in [0.25, 0.3) is 0 Å². The highest BCUT2D eigenvalue weighted by molar-refractivity contribution is 5.91. The van der Waals surface area contributed by atoms with Crippen LogP contribution in [0.2, 0.25) is 0 Å². The van der Waals surface area contributed by atoms with E-state index in [-0.39, 0.29) is 28.6 Å². The summed E-state index contributed by atoms with van der Waals surface area (Å²) in [5.74, 6) is -0.376. The van der Waals surface area contributed by atoms with Gasteiger partial charge in [-0.3, -0.25) is 4.79 Å². The van der Waals surface area contributed by atoms with Crippen molar-refractivity contribution in [1.29, 1.82) is 0 Å². The Kier molecular flexibility index (Phi) is 13.9. The van der Waals surface area contributed by atoms with Crippen molar-refractivity contribution in [3.63, 3.8) is 0 Å². The smallest absolute Gasteiger partial charge is 0.338 e. The van der Waals surface area contributed by atoms with Gasteiger partial charge in [0.1, 0.15) is 11.5 Å². The Labute approximate surface area is 266 Å². The predicted octanol–water partition coefficient (Wildman–Crippen LogP) is 8.34. The Hall–Kier alpha value is -5.04. The van der Waals surface area contributed by atoms with Crippen LogP contribution in [0.5, 0.6) is 17.2 Å². The van der Waals surface area contributed by atoms with E-state index in [1.165, 1.54) is 0 Å². The van der Waals surface area contributed by atoms with Crippen LogP contribution < -0.4 is 14.2 Å². The second kappa shape index (κ2) is 17.3. The van der Waals surface area contributed by atoms with Gasteiger partial charge >= 0.3 is 17.9 Å². The van der Waals surface area contributed by atoms with Crippen molar-refractivity contribution in [2.24, 2.45) is 5.92 Å². The highest BCUT2D eigenvalue weighted by Gasteiger charge is 2.16. The molecule has 0 N–H and O–H groups in total. The number of ether oxygens (including phenoxy) is 3. The van der Waals surface area contributed by atoms with Gasteiger partial charge in [-0.1, -0.05) is 81.6 Å². The molecule has 0 aliphatic carbocycles. The number of esters is 3. The molecule has 3 aromatic rings. The average molecular weight is 611 g/mol. The Morgan fingerprint density at radius 3 is 1.67 bits per heavy atom. The van der Waals surface area contributed by atoms with Gasteiger partial charge in [0.15, 0.2) is 11.5 Å². The van der Waals surface area contributed by atoms with Gasteiger partial charge in [-0.05, 0) is 81.5 Å². The minimum Gasteiger partial charge on any atom is -0.423 e. The summed E-state index contributed by atoms with van der Waals surface area (Å²) in [5, 5.41) is 0. The molecule has 3 rings (SSSR count). The van der Waals surface area contributed by atoms with Crippen LogP contribution in [-0.2, 0) is 25.6 Å². The number of ketones is 1. The van der Waals surface area contributed by atoms with E-state index >= 15 is 0 Å². The van der Waals surface area contributed by atoms with E-state index in [0.717, 1.165) is 35.1 Å². The molecule has 0 heterocycles. The minimum absolute atomic E-state index is 0.130. The van der Waals surface area contributed by atoms with E-state index in [0.29, 0.717) is 23.5 Å². The van der Waals surface area contributed by atoms with Crippen molar-refractivity contribution < 1.29 is 33.4 Å². The second-order valence-corrected chi connectivity index (χ2v) is 11.0. The normalized spacial score (nSPS) is 10.8. The summed E-state index contributed by atoms with van der Waals surface area (Å²) in [6, 6.07) is 20.2. The Morgan fingerprint density at radius 2 is 1.16 bits per heavy atom. The molecule has 0 aliphatic heterocycles. The molecule has 0 saturated heterocycles. The molecule has 1 unspecified atom stereocenters. The molecular formula is C38H42O7. The van der Waals surface area contributed by atoms with Crippen LogP contribution in [0.15, 0.2) is 103 Å². The molecule has 1 atom stereocenters. The highest BCUT2D eigenvalue weighted by Crippen LogP contribution is 2.34. The van der Waals surface area contributed by atoms with Gasteiger partial charge in [0, 0.05) is 29.1 Å². The molecule has 0 amide bonds. The summed E-state index contributed by atoms with van der Waals surface area (Å²) in [6.45, 7) is 21.3. The van der Waals surface area contributed by atoms with Crippen LogP contribution in [0.25, 0.3) is 11.1 Å². The van der Waals surface area contributed by atoms with E-state index in [4.69, 9.17) is 14.2 Å². The number of carbonyl (C=O) groups is 4. The standard InChI is InChI=1S/C21H20O4.C17H22O3/c1-13(2)20(22)24-18-11-10-17(16-8-6-15(5)7-9-16)12-19(18)25-21(23)14(3)4;1-5-13(4)16(18)11-8-14-6-9-15(10-7-14)20-17(19)12(2)3/h6-12H,1,3H2,2,4-5H3;6-7,9-10,13H,2,5,8,11H2,1,3-4H3. The summed E-state index contributed by atoms with van der Waals surface area (Å²) < 4.78 is 15.7. The summed E-state index contributed by atoms with van der Waals surface area (Å²) in [6.07, 6.45) is 2.16. The van der Waals surface area contributed by atoms with Gasteiger partial charge in [-0.25, -0.2) is 14.4 Å². The van der Waals surface area contributed by atoms with E-state index in [1.54, 1.807) is 51.1 Å². The quantitative estimate of drug-likeness (QED) is 0.116. The van der Waals surface area contributed by atoms with E-state index < -0.39 is 17.9 Å². The van der Waals surface area contributed by atoms with Crippen molar-refractivity contribution in [2.75, 3.05) is 0 Å². The van der Waals surface area contributed by atoms with Crippen molar-refractivity contribution in [3.05, 3.63) is 114 Å². The van der Waals surface area contributed by atoms with Crippen LogP contribution in [0.4, 0.5) is 0 Å². The predicted molar refractivity (Wildman–Crippen MR) is 177 cm³/mol. The van der Waals surface area contributed by atoms with E-state index in [1.807, 2.05) is 57.2 Å². The molecular weight excluding hydrogens is 568 g/mol. The lowest BCUT2D eigenvalue weighted by Crippen LogP contribution is -2.12. The molecule has 0 spiro atoms. The van der Waals surface area contributed by atoms with Crippen LogP contribution in [0, 0.1) is 12.8 Å². The van der Waals surface area contributed by atoms with Crippen LogP contribution in [0.3, 0.4) is 0 Å². The largest absolute Gasteiger partial charge is 0.423 e. The Balaban J connectivity index is 0.000000322. The lowest BCUT2D eigenvalue weighted by atomic mass is 9.98. The van der Waals surface area contributed by atoms with Crippen molar-refractivity contribution >= 4 is 23.7 Å². The fourth-order valence-electron chi connectivity index (χ4n) is 3.63. The minimum atomic E-state index is -0.589. The molecule has 45 heavy (non-hydrogen) atoms. The number of rotatable bonds is 12. The number of aryl methyl sites for hydroxylation is 2. The van der Waals surface area contributed by atoms with Gasteiger partial charge in [0.2, 0.25) is 0 Å². The topological polar surface area (TPSA) is 96.0 Å². The molecule has 0 saturated carbocycles. The SMILES string of the molecule is C=C(C)C(=O)Oc1ccc(-c2ccc(C)cc2)cc1OC(=O)C(=C)C.C=C(C)C(=O)Oc1ccc(CCC(=O)C(C)CC)cc1. The summed E-state index contributed by atoms with van der Waals surface area (Å²) >= 11 is 0. The third-order valence-electron chi connectivity index (χ3n) is 6.74. The zero-order valence-electron chi connectivity index (χ0n) is 27.0. The average Bonchev–Trinajstić information content (AvgIpc) is 3.01. The van der Waals surface area contributed by atoms with Gasteiger partial charge in [-0.15, -0.1) is 0 Å². The molecule has 0 bridgehead atoms. The van der Waals surface area contributed by atoms with E-state index in [9.17, 15) is 19.2 Å². The van der Waals surface area contributed by atoms with Gasteiger partial charge in [0.05, 0.1) is 0 Å². The van der Waals surface area contributed by atoms with Crippen LogP contribution in [0.1, 0.15) is 58.6 Å². The molecule has 7 nitrogen and oxygen atoms in total. The van der Waals surface area contributed by atoms with Crippen molar-refractivity contribution in [3.8, 4) is 28.4 Å². The summed E-state index contributed by atoms with van der Waals surface area (Å²) in [4.78, 5) is 46.8. The number of Topliss-reactive ketones (excluding diaryl/α,β-unsaturated/α-hetero) is 1. The van der Waals surface area contributed by atoms with E-state index in [2.05, 4.69) is 19.7 Å². The lowest BCUT2D eigenvalue weighted by Gasteiger charge is -2.12. The fraction of sp³-hybridized carbons (Fsp3) is 0.263. The Bertz CT molecular complexity index is 1560. The molecule has 7 heteroatoms. The number of hydrogen-bond donors (Lipinski definition) is 0. The molecule has 236 valence electrons. The molecule has 3 aromatic carbocycles. The summed E-state index contributed by atoms with van der Waals surface area (Å²) in [5.41, 5.74) is 4.86. The zero-order chi connectivity index (χ0) is 33.7. The highest BCUT2D eigenvalue weighted by atomic mass is 16.6. The number of carbonyl (C=O) groups excluding carboxylic acids is 4. The maximum absolute atomic E-state index is 11.9.